The Bertz CT molecular complexity index is 343. The lowest BCUT2D eigenvalue weighted by Gasteiger charge is -2.16. The van der Waals surface area contributed by atoms with Crippen molar-refractivity contribution < 1.29 is 4.74 Å². The molecule has 1 N–H and O–H groups in total. The van der Waals surface area contributed by atoms with Gasteiger partial charge in [-0.3, -0.25) is 0 Å². The van der Waals surface area contributed by atoms with Crippen LogP contribution >= 0.6 is 0 Å². The van der Waals surface area contributed by atoms with Crippen molar-refractivity contribution >= 4 is 0 Å². The van der Waals surface area contributed by atoms with Crippen LogP contribution in [-0.2, 0) is 6.54 Å². The smallest absolute Gasteiger partial charge is 0.122 e. The van der Waals surface area contributed by atoms with Crippen molar-refractivity contribution in [2.24, 2.45) is 0 Å². The molecule has 0 bridgehead atoms. The number of ether oxygens (including phenoxy) is 1. The molecule has 2 nitrogen and oxygen atoms in total. The monoisotopic (exact) mass is 219 g/mol. The van der Waals surface area contributed by atoms with Crippen molar-refractivity contribution in [1.82, 2.24) is 5.32 Å². The van der Waals surface area contributed by atoms with Crippen molar-refractivity contribution in [3.63, 3.8) is 0 Å². The quantitative estimate of drug-likeness (QED) is 0.840. The molecule has 88 valence electrons. The molecule has 0 saturated heterocycles. The van der Waals surface area contributed by atoms with Gasteiger partial charge in [-0.2, -0.15) is 0 Å². The molecule has 0 aliphatic heterocycles. The largest absolute Gasteiger partial charge is 0.490 e. The van der Waals surface area contributed by atoms with Gasteiger partial charge in [-0.15, -0.1) is 0 Å². The molecule has 0 atom stereocenters. The molecule has 0 spiro atoms. The Hall–Kier alpha value is -1.02. The van der Waals surface area contributed by atoms with Gasteiger partial charge in [0.15, 0.2) is 0 Å². The van der Waals surface area contributed by atoms with Crippen LogP contribution in [0.4, 0.5) is 0 Å². The van der Waals surface area contributed by atoms with Gasteiger partial charge < -0.3 is 10.1 Å². The first-order valence-electron chi connectivity index (χ1n) is 6.20. The van der Waals surface area contributed by atoms with Crippen molar-refractivity contribution in [3.8, 4) is 5.75 Å². The van der Waals surface area contributed by atoms with Gasteiger partial charge in [-0.25, -0.2) is 0 Å². The Labute approximate surface area is 98.0 Å². The first kappa shape index (κ1) is 11.5. The standard InChI is InChI=1S/C14H21NO/c1-11-7-8-12(10-15-2)9-14(11)16-13-5-3-4-6-13/h7-9,13,15H,3-6,10H2,1-2H3. The van der Waals surface area contributed by atoms with E-state index in [0.717, 1.165) is 12.3 Å². The number of benzene rings is 1. The second-order valence-electron chi connectivity index (χ2n) is 4.65. The number of rotatable bonds is 4. The van der Waals surface area contributed by atoms with Crippen LogP contribution in [0.2, 0.25) is 0 Å². The molecule has 1 aromatic carbocycles. The molecule has 2 rings (SSSR count). The summed E-state index contributed by atoms with van der Waals surface area (Å²) in [5.74, 6) is 1.07. The van der Waals surface area contributed by atoms with E-state index in [9.17, 15) is 0 Å². The summed E-state index contributed by atoms with van der Waals surface area (Å²) in [4.78, 5) is 0. The lowest BCUT2D eigenvalue weighted by Crippen LogP contribution is -2.12. The Morgan fingerprint density at radius 2 is 2.06 bits per heavy atom. The van der Waals surface area contributed by atoms with Crippen LogP contribution in [0.15, 0.2) is 18.2 Å². The molecule has 1 aliphatic rings. The molecular weight excluding hydrogens is 198 g/mol. The zero-order valence-corrected chi connectivity index (χ0v) is 10.3. The molecule has 0 heterocycles. The van der Waals surface area contributed by atoms with E-state index < -0.39 is 0 Å². The topological polar surface area (TPSA) is 21.3 Å². The maximum Gasteiger partial charge on any atom is 0.122 e. The molecular formula is C14H21NO. The lowest BCUT2D eigenvalue weighted by molar-refractivity contribution is 0.208. The van der Waals surface area contributed by atoms with Crippen molar-refractivity contribution in [2.75, 3.05) is 7.05 Å². The first-order valence-corrected chi connectivity index (χ1v) is 6.20. The minimum atomic E-state index is 0.448. The molecule has 0 radical (unpaired) electrons. The number of aryl methyl sites for hydroxylation is 1. The SMILES string of the molecule is CNCc1ccc(C)c(OC2CCCC2)c1. The van der Waals surface area contributed by atoms with Gasteiger partial charge in [0.25, 0.3) is 0 Å². The predicted molar refractivity (Wildman–Crippen MR) is 66.8 cm³/mol. The van der Waals surface area contributed by atoms with E-state index in [0.29, 0.717) is 6.10 Å². The van der Waals surface area contributed by atoms with Gasteiger partial charge in [-0.05, 0) is 56.8 Å². The van der Waals surface area contributed by atoms with E-state index in [1.165, 1.54) is 36.8 Å². The van der Waals surface area contributed by atoms with Crippen LogP contribution < -0.4 is 10.1 Å². The Kier molecular flexibility index (Phi) is 3.83. The first-order chi connectivity index (χ1) is 7.79. The van der Waals surface area contributed by atoms with Gasteiger partial charge in [0.05, 0.1) is 6.10 Å². The average molecular weight is 219 g/mol. The summed E-state index contributed by atoms with van der Waals surface area (Å²) in [5, 5.41) is 3.17. The summed E-state index contributed by atoms with van der Waals surface area (Å²) >= 11 is 0. The second kappa shape index (κ2) is 5.35. The minimum absolute atomic E-state index is 0.448. The highest BCUT2D eigenvalue weighted by Gasteiger charge is 2.17. The third kappa shape index (κ3) is 2.76. The zero-order valence-electron chi connectivity index (χ0n) is 10.3. The van der Waals surface area contributed by atoms with Crippen LogP contribution in [0.1, 0.15) is 36.8 Å². The van der Waals surface area contributed by atoms with Gasteiger partial charge in [-0.1, -0.05) is 12.1 Å². The summed E-state index contributed by atoms with van der Waals surface area (Å²) in [6.07, 6.45) is 5.52. The van der Waals surface area contributed by atoms with Crippen molar-refractivity contribution in [1.29, 1.82) is 0 Å². The lowest BCUT2D eigenvalue weighted by atomic mass is 10.1. The number of hydrogen-bond donors (Lipinski definition) is 1. The number of nitrogens with one attached hydrogen (secondary N) is 1. The third-order valence-corrected chi connectivity index (χ3v) is 3.23. The fourth-order valence-electron chi connectivity index (χ4n) is 2.27. The van der Waals surface area contributed by atoms with E-state index in [-0.39, 0.29) is 0 Å². The van der Waals surface area contributed by atoms with Crippen LogP contribution in [-0.4, -0.2) is 13.2 Å². The van der Waals surface area contributed by atoms with Gasteiger partial charge in [0, 0.05) is 6.54 Å². The average Bonchev–Trinajstić information content (AvgIpc) is 2.76. The highest BCUT2D eigenvalue weighted by Crippen LogP contribution is 2.27. The van der Waals surface area contributed by atoms with Gasteiger partial charge in [0.2, 0.25) is 0 Å². The van der Waals surface area contributed by atoms with E-state index in [1.807, 2.05) is 7.05 Å². The van der Waals surface area contributed by atoms with Crippen molar-refractivity contribution in [3.05, 3.63) is 29.3 Å². The van der Waals surface area contributed by atoms with Crippen LogP contribution in [0.3, 0.4) is 0 Å². The van der Waals surface area contributed by atoms with Crippen LogP contribution in [0.25, 0.3) is 0 Å². The summed E-state index contributed by atoms with van der Waals surface area (Å²) in [5.41, 5.74) is 2.54. The van der Waals surface area contributed by atoms with E-state index in [4.69, 9.17) is 4.74 Å². The molecule has 1 fully saturated rings. The highest BCUT2D eigenvalue weighted by molar-refractivity contribution is 5.36. The summed E-state index contributed by atoms with van der Waals surface area (Å²) in [6, 6.07) is 6.48. The Morgan fingerprint density at radius 1 is 1.31 bits per heavy atom. The summed E-state index contributed by atoms with van der Waals surface area (Å²) in [6.45, 7) is 3.02. The molecule has 1 saturated carbocycles. The van der Waals surface area contributed by atoms with Crippen LogP contribution in [0, 0.1) is 6.92 Å². The van der Waals surface area contributed by atoms with E-state index in [1.54, 1.807) is 0 Å². The fraction of sp³-hybridized carbons (Fsp3) is 0.571. The normalized spacial score (nSPS) is 16.6. The Morgan fingerprint density at radius 3 is 2.75 bits per heavy atom. The highest BCUT2D eigenvalue weighted by atomic mass is 16.5. The molecule has 0 aromatic heterocycles. The molecule has 1 aliphatic carbocycles. The van der Waals surface area contributed by atoms with Gasteiger partial charge >= 0.3 is 0 Å². The maximum atomic E-state index is 6.07. The molecule has 0 unspecified atom stereocenters. The molecule has 0 amide bonds. The minimum Gasteiger partial charge on any atom is -0.490 e. The van der Waals surface area contributed by atoms with E-state index >= 15 is 0 Å². The molecule has 2 heteroatoms. The fourth-order valence-corrected chi connectivity index (χ4v) is 2.27. The van der Waals surface area contributed by atoms with Crippen LogP contribution in [0.5, 0.6) is 5.75 Å². The zero-order chi connectivity index (χ0) is 11.4. The van der Waals surface area contributed by atoms with E-state index in [2.05, 4.69) is 30.4 Å². The third-order valence-electron chi connectivity index (χ3n) is 3.23. The van der Waals surface area contributed by atoms with Crippen molar-refractivity contribution in [2.45, 2.75) is 45.3 Å². The number of hydrogen-bond acceptors (Lipinski definition) is 2. The molecule has 1 aromatic rings. The predicted octanol–water partition coefficient (Wildman–Crippen LogP) is 3.04. The summed E-state index contributed by atoms with van der Waals surface area (Å²) < 4.78 is 6.07. The summed E-state index contributed by atoms with van der Waals surface area (Å²) in [7, 11) is 1.97. The molecule has 16 heavy (non-hydrogen) atoms. The maximum absolute atomic E-state index is 6.07. The van der Waals surface area contributed by atoms with Gasteiger partial charge in [0.1, 0.15) is 5.75 Å². The Balaban J connectivity index is 2.08. The second-order valence-corrected chi connectivity index (χ2v) is 4.65.